The molecule has 0 spiro atoms. The van der Waals surface area contributed by atoms with E-state index in [1.807, 2.05) is 11.3 Å². The van der Waals surface area contributed by atoms with Gasteiger partial charge in [-0.25, -0.2) is 0 Å². The fourth-order valence-electron chi connectivity index (χ4n) is 3.75. The molecule has 2 heterocycles. The van der Waals surface area contributed by atoms with E-state index in [0.717, 1.165) is 32.0 Å². The fraction of sp³-hybridized carbons (Fsp3) is 0.778. The number of nitrogens with one attached hydrogen (secondary N) is 1. The van der Waals surface area contributed by atoms with Gasteiger partial charge in [0.25, 0.3) is 0 Å². The molecule has 3 rings (SSSR count). The summed E-state index contributed by atoms with van der Waals surface area (Å²) in [6, 6.07) is 4.67. The Labute approximate surface area is 133 Å². The number of thiophene rings is 1. The van der Waals surface area contributed by atoms with E-state index in [1.54, 1.807) is 4.88 Å². The van der Waals surface area contributed by atoms with Crippen LogP contribution in [0.1, 0.15) is 49.3 Å². The van der Waals surface area contributed by atoms with Gasteiger partial charge in [0.2, 0.25) is 0 Å². The monoisotopic (exact) mass is 307 g/mol. The average molecular weight is 308 g/mol. The van der Waals surface area contributed by atoms with E-state index in [-0.39, 0.29) is 0 Å². The molecule has 118 valence electrons. The van der Waals surface area contributed by atoms with Crippen LogP contribution >= 0.6 is 11.3 Å². The SMILES string of the molecule is CCCNCC1(Cc2ccc(CC)s2)CCOC1C1CC1. The third-order valence-corrected chi connectivity index (χ3v) is 6.28. The van der Waals surface area contributed by atoms with Gasteiger partial charge >= 0.3 is 0 Å². The lowest BCUT2D eigenvalue weighted by Crippen LogP contribution is -2.43. The maximum atomic E-state index is 6.19. The predicted molar refractivity (Wildman–Crippen MR) is 90.1 cm³/mol. The van der Waals surface area contributed by atoms with Crippen molar-refractivity contribution in [1.82, 2.24) is 5.32 Å². The van der Waals surface area contributed by atoms with Gasteiger partial charge in [-0.2, -0.15) is 0 Å². The zero-order valence-electron chi connectivity index (χ0n) is 13.5. The van der Waals surface area contributed by atoms with Gasteiger partial charge in [0.1, 0.15) is 0 Å². The second kappa shape index (κ2) is 6.80. The van der Waals surface area contributed by atoms with Crippen LogP contribution in [0.5, 0.6) is 0 Å². The van der Waals surface area contributed by atoms with E-state index < -0.39 is 0 Å². The summed E-state index contributed by atoms with van der Waals surface area (Å²) in [5.74, 6) is 0.835. The van der Waals surface area contributed by atoms with Crippen LogP contribution in [-0.2, 0) is 17.6 Å². The molecule has 21 heavy (non-hydrogen) atoms. The summed E-state index contributed by atoms with van der Waals surface area (Å²) in [6.45, 7) is 7.71. The van der Waals surface area contributed by atoms with Crippen LogP contribution in [0, 0.1) is 11.3 Å². The van der Waals surface area contributed by atoms with Crippen LogP contribution in [0.4, 0.5) is 0 Å². The molecule has 1 aliphatic heterocycles. The first-order valence-electron chi connectivity index (χ1n) is 8.67. The van der Waals surface area contributed by atoms with Gasteiger partial charge in [-0.3, -0.25) is 0 Å². The Morgan fingerprint density at radius 1 is 1.29 bits per heavy atom. The highest BCUT2D eigenvalue weighted by molar-refractivity contribution is 7.11. The predicted octanol–water partition coefficient (Wildman–Crippen LogP) is 4.04. The molecule has 2 unspecified atom stereocenters. The van der Waals surface area contributed by atoms with Gasteiger partial charge in [0, 0.05) is 28.3 Å². The van der Waals surface area contributed by atoms with Gasteiger partial charge in [-0.15, -0.1) is 11.3 Å². The Morgan fingerprint density at radius 2 is 2.10 bits per heavy atom. The molecule has 2 nitrogen and oxygen atoms in total. The van der Waals surface area contributed by atoms with E-state index in [2.05, 4.69) is 31.3 Å². The molecule has 0 amide bonds. The van der Waals surface area contributed by atoms with E-state index >= 15 is 0 Å². The lowest BCUT2D eigenvalue weighted by atomic mass is 9.75. The van der Waals surface area contributed by atoms with Crippen LogP contribution in [0.25, 0.3) is 0 Å². The molecule has 0 radical (unpaired) electrons. The molecular weight excluding hydrogens is 278 g/mol. The standard InChI is InChI=1S/C18H29NOS/c1-3-10-19-13-18(9-11-20-17(18)14-5-6-14)12-16-8-7-15(4-2)21-16/h7-8,14,17,19H,3-6,9-13H2,1-2H3. The molecule has 0 aromatic carbocycles. The van der Waals surface area contributed by atoms with Crippen LogP contribution in [-0.4, -0.2) is 25.8 Å². The van der Waals surface area contributed by atoms with E-state index in [0.29, 0.717) is 11.5 Å². The lowest BCUT2D eigenvalue weighted by Gasteiger charge is -2.34. The van der Waals surface area contributed by atoms with Crippen LogP contribution in [0.15, 0.2) is 12.1 Å². The maximum absolute atomic E-state index is 6.19. The number of hydrogen-bond donors (Lipinski definition) is 1. The number of aryl methyl sites for hydroxylation is 1. The molecule has 0 bridgehead atoms. The van der Waals surface area contributed by atoms with Crippen molar-refractivity contribution >= 4 is 11.3 Å². The molecule has 1 saturated carbocycles. The molecular formula is C18H29NOS. The van der Waals surface area contributed by atoms with E-state index in [1.165, 1.54) is 37.0 Å². The van der Waals surface area contributed by atoms with Crippen molar-refractivity contribution in [3.05, 3.63) is 21.9 Å². The van der Waals surface area contributed by atoms with Gasteiger partial charge in [-0.1, -0.05) is 13.8 Å². The molecule has 1 N–H and O–H groups in total. The molecule has 3 heteroatoms. The minimum atomic E-state index is 0.339. The van der Waals surface area contributed by atoms with Crippen molar-refractivity contribution in [2.75, 3.05) is 19.7 Å². The topological polar surface area (TPSA) is 21.3 Å². The van der Waals surface area contributed by atoms with Crippen molar-refractivity contribution in [2.24, 2.45) is 11.3 Å². The maximum Gasteiger partial charge on any atom is 0.0675 e. The summed E-state index contributed by atoms with van der Waals surface area (Å²) >= 11 is 2.01. The highest BCUT2D eigenvalue weighted by Gasteiger charge is 2.50. The highest BCUT2D eigenvalue weighted by atomic mass is 32.1. The molecule has 2 atom stereocenters. The molecule has 2 aliphatic rings. The fourth-order valence-corrected chi connectivity index (χ4v) is 4.87. The minimum Gasteiger partial charge on any atom is -0.377 e. The van der Waals surface area contributed by atoms with Gasteiger partial charge in [-0.05, 0) is 63.1 Å². The smallest absolute Gasteiger partial charge is 0.0675 e. The zero-order chi connectivity index (χ0) is 14.7. The molecule has 1 aliphatic carbocycles. The van der Waals surface area contributed by atoms with Crippen molar-refractivity contribution in [2.45, 2.75) is 58.5 Å². The van der Waals surface area contributed by atoms with Crippen molar-refractivity contribution in [1.29, 1.82) is 0 Å². The first-order valence-corrected chi connectivity index (χ1v) is 9.49. The summed E-state index contributed by atoms with van der Waals surface area (Å²) in [5.41, 5.74) is 0.339. The Hall–Kier alpha value is -0.380. The molecule has 2 fully saturated rings. The van der Waals surface area contributed by atoms with Gasteiger partial charge in [0.05, 0.1) is 6.10 Å². The quantitative estimate of drug-likeness (QED) is 0.732. The Kier molecular flexibility index (Phi) is 5.03. The normalized spacial score (nSPS) is 29.1. The van der Waals surface area contributed by atoms with Crippen LogP contribution in [0.3, 0.4) is 0 Å². The summed E-state index contributed by atoms with van der Waals surface area (Å²) in [6.07, 6.45) is 8.06. The number of rotatable bonds is 8. The Morgan fingerprint density at radius 3 is 2.76 bits per heavy atom. The largest absolute Gasteiger partial charge is 0.377 e. The van der Waals surface area contributed by atoms with Crippen molar-refractivity contribution < 1.29 is 4.74 Å². The summed E-state index contributed by atoms with van der Waals surface area (Å²) < 4.78 is 6.19. The van der Waals surface area contributed by atoms with Crippen molar-refractivity contribution in [3.63, 3.8) is 0 Å². The van der Waals surface area contributed by atoms with Gasteiger partial charge < -0.3 is 10.1 Å². The summed E-state index contributed by atoms with van der Waals surface area (Å²) in [7, 11) is 0. The number of hydrogen-bond acceptors (Lipinski definition) is 3. The average Bonchev–Trinajstić information content (AvgIpc) is 3.09. The van der Waals surface area contributed by atoms with E-state index in [9.17, 15) is 0 Å². The lowest BCUT2D eigenvalue weighted by molar-refractivity contribution is 0.0310. The number of ether oxygens (including phenoxy) is 1. The molecule has 1 saturated heterocycles. The van der Waals surface area contributed by atoms with Crippen LogP contribution < -0.4 is 5.32 Å². The highest BCUT2D eigenvalue weighted by Crippen LogP contribution is 2.49. The second-order valence-corrected chi connectivity index (χ2v) is 8.07. The third-order valence-electron chi connectivity index (χ3n) is 5.05. The molecule has 1 aromatic heterocycles. The first-order chi connectivity index (χ1) is 10.3. The van der Waals surface area contributed by atoms with E-state index in [4.69, 9.17) is 4.74 Å². The van der Waals surface area contributed by atoms with Crippen LogP contribution in [0.2, 0.25) is 0 Å². The Balaban J connectivity index is 1.74. The third kappa shape index (κ3) is 3.52. The zero-order valence-corrected chi connectivity index (χ0v) is 14.3. The summed E-state index contributed by atoms with van der Waals surface area (Å²) in [5, 5.41) is 3.70. The van der Waals surface area contributed by atoms with Crippen molar-refractivity contribution in [3.8, 4) is 0 Å². The molecule has 1 aromatic rings. The first kappa shape index (κ1) is 15.5. The van der Waals surface area contributed by atoms with Gasteiger partial charge in [0.15, 0.2) is 0 Å². The second-order valence-electron chi connectivity index (χ2n) is 6.82. The minimum absolute atomic E-state index is 0.339. The summed E-state index contributed by atoms with van der Waals surface area (Å²) in [4.78, 5) is 3.07. The Bertz CT molecular complexity index is 454.